The topological polar surface area (TPSA) is 68.5 Å². The molecule has 0 aliphatic heterocycles. The summed E-state index contributed by atoms with van der Waals surface area (Å²) in [5, 5.41) is 9.26. The standard InChI is InChI=1S/C15H23NO4/c1-10(2)7-9-20-12-6-5-8-16(14(12)17)13(11(3)4)15(18)19/h5-6,8,10-11,13H,7,9H2,1-4H3,(H,18,19). The number of pyridine rings is 1. The highest BCUT2D eigenvalue weighted by atomic mass is 16.5. The highest BCUT2D eigenvalue weighted by molar-refractivity contribution is 5.72. The van der Waals surface area contributed by atoms with Crippen LogP contribution in [0.3, 0.4) is 0 Å². The van der Waals surface area contributed by atoms with Crippen molar-refractivity contribution in [1.82, 2.24) is 4.57 Å². The van der Waals surface area contributed by atoms with Crippen molar-refractivity contribution < 1.29 is 14.6 Å². The molecule has 0 radical (unpaired) electrons. The summed E-state index contributed by atoms with van der Waals surface area (Å²) in [6, 6.07) is 2.35. The van der Waals surface area contributed by atoms with Crippen LogP contribution in [0.15, 0.2) is 23.1 Å². The molecule has 1 N–H and O–H groups in total. The van der Waals surface area contributed by atoms with E-state index in [2.05, 4.69) is 13.8 Å². The molecule has 20 heavy (non-hydrogen) atoms. The minimum atomic E-state index is -1.01. The minimum absolute atomic E-state index is 0.184. The lowest BCUT2D eigenvalue weighted by Gasteiger charge is -2.19. The second-order valence-corrected chi connectivity index (χ2v) is 5.64. The average Bonchev–Trinajstić information content (AvgIpc) is 2.32. The van der Waals surface area contributed by atoms with Crippen LogP contribution in [0, 0.1) is 11.8 Å². The number of hydrogen-bond donors (Lipinski definition) is 1. The molecule has 1 rings (SSSR count). The summed E-state index contributed by atoms with van der Waals surface area (Å²) in [4.78, 5) is 23.6. The Morgan fingerprint density at radius 1 is 1.35 bits per heavy atom. The highest BCUT2D eigenvalue weighted by Crippen LogP contribution is 2.17. The number of ether oxygens (including phenoxy) is 1. The van der Waals surface area contributed by atoms with E-state index in [0.717, 1.165) is 6.42 Å². The molecule has 0 aliphatic rings. The molecule has 0 saturated carbocycles. The van der Waals surface area contributed by atoms with Crippen molar-refractivity contribution >= 4 is 5.97 Å². The Labute approximate surface area is 119 Å². The van der Waals surface area contributed by atoms with Crippen molar-refractivity contribution in [3.63, 3.8) is 0 Å². The third-order valence-corrected chi connectivity index (χ3v) is 3.08. The molecule has 1 unspecified atom stereocenters. The summed E-state index contributed by atoms with van der Waals surface area (Å²) in [6.07, 6.45) is 2.34. The molecule has 1 aromatic heterocycles. The van der Waals surface area contributed by atoms with E-state index in [-0.39, 0.29) is 11.7 Å². The van der Waals surface area contributed by atoms with Gasteiger partial charge in [0.25, 0.3) is 5.56 Å². The molecule has 0 aliphatic carbocycles. The third-order valence-electron chi connectivity index (χ3n) is 3.08. The van der Waals surface area contributed by atoms with E-state index >= 15 is 0 Å². The fourth-order valence-corrected chi connectivity index (χ4v) is 1.95. The van der Waals surface area contributed by atoms with Gasteiger partial charge in [-0.1, -0.05) is 27.7 Å². The van der Waals surface area contributed by atoms with Gasteiger partial charge in [0.2, 0.25) is 0 Å². The second kappa shape index (κ2) is 7.12. The van der Waals surface area contributed by atoms with E-state index in [0.29, 0.717) is 12.5 Å². The van der Waals surface area contributed by atoms with Crippen LogP contribution in [-0.4, -0.2) is 22.2 Å². The second-order valence-electron chi connectivity index (χ2n) is 5.64. The summed E-state index contributed by atoms with van der Waals surface area (Å²) in [5.74, 6) is -0.499. The van der Waals surface area contributed by atoms with Gasteiger partial charge in [-0.2, -0.15) is 0 Å². The third kappa shape index (κ3) is 4.11. The average molecular weight is 281 g/mol. The van der Waals surface area contributed by atoms with Crippen molar-refractivity contribution in [2.24, 2.45) is 11.8 Å². The molecule has 112 valence electrons. The Balaban J connectivity index is 3.00. The van der Waals surface area contributed by atoms with Gasteiger partial charge < -0.3 is 9.84 Å². The Kier molecular flexibility index (Phi) is 5.80. The van der Waals surface area contributed by atoms with Crippen LogP contribution >= 0.6 is 0 Å². The molecular weight excluding hydrogens is 258 g/mol. The summed E-state index contributed by atoms with van der Waals surface area (Å²) in [7, 11) is 0. The molecule has 0 bridgehead atoms. The predicted molar refractivity (Wildman–Crippen MR) is 77.2 cm³/mol. The SMILES string of the molecule is CC(C)CCOc1cccn(C(C(=O)O)C(C)C)c1=O. The molecule has 0 aromatic carbocycles. The van der Waals surface area contributed by atoms with Crippen molar-refractivity contribution in [3.05, 3.63) is 28.7 Å². The lowest BCUT2D eigenvalue weighted by Crippen LogP contribution is -2.33. The molecular formula is C15H23NO4. The zero-order valence-electron chi connectivity index (χ0n) is 12.5. The molecule has 0 spiro atoms. The molecule has 1 atom stereocenters. The minimum Gasteiger partial charge on any atom is -0.488 e. The van der Waals surface area contributed by atoms with Crippen molar-refractivity contribution in [3.8, 4) is 5.75 Å². The number of hydrogen-bond acceptors (Lipinski definition) is 3. The van der Waals surface area contributed by atoms with Crippen LogP contribution in [0.2, 0.25) is 0 Å². The van der Waals surface area contributed by atoms with Crippen LogP contribution in [0.5, 0.6) is 5.75 Å². The monoisotopic (exact) mass is 281 g/mol. The number of carbonyl (C=O) groups is 1. The maximum absolute atomic E-state index is 12.3. The Hall–Kier alpha value is -1.78. The van der Waals surface area contributed by atoms with E-state index in [9.17, 15) is 14.7 Å². The fourth-order valence-electron chi connectivity index (χ4n) is 1.95. The molecule has 5 nitrogen and oxygen atoms in total. The van der Waals surface area contributed by atoms with Crippen molar-refractivity contribution in [2.75, 3.05) is 6.61 Å². The van der Waals surface area contributed by atoms with E-state index < -0.39 is 17.6 Å². The van der Waals surface area contributed by atoms with E-state index in [1.165, 1.54) is 10.8 Å². The number of rotatable bonds is 7. The van der Waals surface area contributed by atoms with Gasteiger partial charge in [0, 0.05) is 6.20 Å². The van der Waals surface area contributed by atoms with E-state index in [4.69, 9.17) is 4.74 Å². The van der Waals surface area contributed by atoms with Crippen LogP contribution < -0.4 is 10.3 Å². The number of carboxylic acid groups (broad SMARTS) is 1. The lowest BCUT2D eigenvalue weighted by molar-refractivity contribution is -0.142. The molecule has 1 aromatic rings. The van der Waals surface area contributed by atoms with Gasteiger partial charge in [0.05, 0.1) is 6.61 Å². The summed E-state index contributed by atoms with van der Waals surface area (Å²) in [5.41, 5.74) is -0.391. The van der Waals surface area contributed by atoms with Gasteiger partial charge in [-0.15, -0.1) is 0 Å². The summed E-state index contributed by atoms with van der Waals surface area (Å²) in [6.45, 7) is 8.16. The highest BCUT2D eigenvalue weighted by Gasteiger charge is 2.25. The van der Waals surface area contributed by atoms with Gasteiger partial charge in [-0.25, -0.2) is 4.79 Å². The molecule has 0 saturated heterocycles. The van der Waals surface area contributed by atoms with Gasteiger partial charge in [-0.3, -0.25) is 9.36 Å². The smallest absolute Gasteiger partial charge is 0.327 e. The maximum atomic E-state index is 12.3. The Morgan fingerprint density at radius 2 is 2.00 bits per heavy atom. The first-order chi connectivity index (χ1) is 9.34. The van der Waals surface area contributed by atoms with E-state index in [1.54, 1.807) is 26.0 Å². The van der Waals surface area contributed by atoms with Gasteiger partial charge in [0.15, 0.2) is 5.75 Å². The molecule has 5 heteroatoms. The van der Waals surface area contributed by atoms with Crippen LogP contribution in [0.1, 0.15) is 40.2 Å². The van der Waals surface area contributed by atoms with Crippen LogP contribution in [0.25, 0.3) is 0 Å². The normalized spacial score (nSPS) is 12.7. The van der Waals surface area contributed by atoms with Crippen LogP contribution in [0.4, 0.5) is 0 Å². The van der Waals surface area contributed by atoms with Gasteiger partial charge >= 0.3 is 5.97 Å². The molecule has 0 fully saturated rings. The number of nitrogens with zero attached hydrogens (tertiary/aromatic N) is 1. The fraction of sp³-hybridized carbons (Fsp3) is 0.600. The summed E-state index contributed by atoms with van der Waals surface area (Å²) < 4.78 is 6.71. The van der Waals surface area contributed by atoms with Crippen molar-refractivity contribution in [2.45, 2.75) is 40.2 Å². The van der Waals surface area contributed by atoms with Gasteiger partial charge in [0.1, 0.15) is 6.04 Å². The van der Waals surface area contributed by atoms with Gasteiger partial charge in [-0.05, 0) is 30.4 Å². The molecule has 0 amide bonds. The predicted octanol–water partition coefficient (Wildman–Crippen LogP) is 2.55. The number of carboxylic acids is 1. The quantitative estimate of drug-likeness (QED) is 0.834. The molecule has 1 heterocycles. The first kappa shape index (κ1) is 16.3. The summed E-state index contributed by atoms with van der Waals surface area (Å²) >= 11 is 0. The Bertz CT molecular complexity index is 505. The number of aliphatic carboxylic acids is 1. The zero-order valence-corrected chi connectivity index (χ0v) is 12.5. The zero-order chi connectivity index (χ0) is 15.3. The first-order valence-corrected chi connectivity index (χ1v) is 6.91. The van der Waals surface area contributed by atoms with E-state index in [1.807, 2.05) is 0 Å². The largest absolute Gasteiger partial charge is 0.488 e. The lowest BCUT2D eigenvalue weighted by atomic mass is 10.0. The number of aromatic nitrogens is 1. The first-order valence-electron chi connectivity index (χ1n) is 6.91. The van der Waals surface area contributed by atoms with Crippen LogP contribution in [-0.2, 0) is 4.79 Å². The Morgan fingerprint density at radius 3 is 2.50 bits per heavy atom. The van der Waals surface area contributed by atoms with Crippen molar-refractivity contribution in [1.29, 1.82) is 0 Å². The maximum Gasteiger partial charge on any atom is 0.327 e.